The summed E-state index contributed by atoms with van der Waals surface area (Å²) < 4.78 is 5.46. The average molecular weight is 367 g/mol. The molecule has 0 aliphatic carbocycles. The van der Waals surface area contributed by atoms with Crippen LogP contribution < -0.4 is 10.1 Å². The lowest BCUT2D eigenvalue weighted by atomic mass is 10.0. The van der Waals surface area contributed by atoms with Gasteiger partial charge in [-0.05, 0) is 42.8 Å². The predicted octanol–water partition coefficient (Wildman–Crippen LogP) is 4.90. The SMILES string of the molecule is COc1cc(C(=O)NC(C)c2ccccc2)ccc1-c1ncccc1Cl. The highest BCUT2D eigenvalue weighted by atomic mass is 35.5. The maximum atomic E-state index is 12.6. The van der Waals surface area contributed by atoms with Crippen molar-refractivity contribution in [3.8, 4) is 17.0 Å². The summed E-state index contributed by atoms with van der Waals surface area (Å²) in [5.41, 5.74) is 2.92. The van der Waals surface area contributed by atoms with Crippen LogP contribution in [0.3, 0.4) is 0 Å². The van der Waals surface area contributed by atoms with Gasteiger partial charge in [-0.15, -0.1) is 0 Å². The Morgan fingerprint density at radius 2 is 1.88 bits per heavy atom. The summed E-state index contributed by atoms with van der Waals surface area (Å²) in [5.74, 6) is 0.379. The number of methoxy groups -OCH3 is 1. The van der Waals surface area contributed by atoms with E-state index in [1.54, 1.807) is 43.6 Å². The van der Waals surface area contributed by atoms with Crippen LogP contribution in [0.5, 0.6) is 5.75 Å². The van der Waals surface area contributed by atoms with Crippen LogP contribution in [0.2, 0.25) is 5.02 Å². The number of benzene rings is 2. The van der Waals surface area contributed by atoms with E-state index in [1.165, 1.54) is 0 Å². The zero-order valence-electron chi connectivity index (χ0n) is 14.6. The minimum atomic E-state index is -0.168. The van der Waals surface area contributed by atoms with Gasteiger partial charge in [0.05, 0.1) is 23.9 Å². The fraction of sp³-hybridized carbons (Fsp3) is 0.143. The van der Waals surface area contributed by atoms with Crippen LogP contribution in [0.1, 0.15) is 28.9 Å². The Morgan fingerprint density at radius 1 is 1.12 bits per heavy atom. The number of rotatable bonds is 5. The molecule has 0 saturated heterocycles. The number of carbonyl (C=O) groups excluding carboxylic acids is 1. The largest absolute Gasteiger partial charge is 0.496 e. The van der Waals surface area contributed by atoms with Gasteiger partial charge >= 0.3 is 0 Å². The van der Waals surface area contributed by atoms with Gasteiger partial charge < -0.3 is 10.1 Å². The highest BCUT2D eigenvalue weighted by Crippen LogP contribution is 2.33. The average Bonchev–Trinajstić information content (AvgIpc) is 2.68. The first-order valence-corrected chi connectivity index (χ1v) is 8.62. The summed E-state index contributed by atoms with van der Waals surface area (Å²) in [6.45, 7) is 1.95. The van der Waals surface area contributed by atoms with Gasteiger partial charge in [-0.1, -0.05) is 41.9 Å². The summed E-state index contributed by atoms with van der Waals surface area (Å²) in [4.78, 5) is 16.9. The van der Waals surface area contributed by atoms with E-state index in [2.05, 4.69) is 10.3 Å². The number of nitrogens with zero attached hydrogens (tertiary/aromatic N) is 1. The number of nitrogens with one attached hydrogen (secondary N) is 1. The lowest BCUT2D eigenvalue weighted by molar-refractivity contribution is 0.0939. The number of pyridine rings is 1. The minimum absolute atomic E-state index is 0.0976. The van der Waals surface area contributed by atoms with Gasteiger partial charge in [0.15, 0.2) is 0 Å². The van der Waals surface area contributed by atoms with E-state index in [-0.39, 0.29) is 11.9 Å². The van der Waals surface area contributed by atoms with Gasteiger partial charge in [-0.3, -0.25) is 9.78 Å². The predicted molar refractivity (Wildman–Crippen MR) is 104 cm³/mol. The molecule has 5 heteroatoms. The molecule has 2 aromatic carbocycles. The van der Waals surface area contributed by atoms with Crippen molar-refractivity contribution in [3.63, 3.8) is 0 Å². The van der Waals surface area contributed by atoms with Crippen molar-refractivity contribution >= 4 is 17.5 Å². The number of halogens is 1. The monoisotopic (exact) mass is 366 g/mol. The van der Waals surface area contributed by atoms with Crippen LogP contribution in [0.4, 0.5) is 0 Å². The van der Waals surface area contributed by atoms with Crippen molar-refractivity contribution in [3.05, 3.63) is 83.0 Å². The second-order valence-electron chi connectivity index (χ2n) is 5.85. The first kappa shape index (κ1) is 18.0. The molecule has 0 aliphatic heterocycles. The third-order valence-electron chi connectivity index (χ3n) is 4.12. The topological polar surface area (TPSA) is 51.2 Å². The van der Waals surface area contributed by atoms with Crippen molar-refractivity contribution < 1.29 is 9.53 Å². The molecule has 3 aromatic rings. The molecule has 0 saturated carbocycles. The van der Waals surface area contributed by atoms with Crippen molar-refractivity contribution in [2.75, 3.05) is 7.11 Å². The molecular formula is C21H19ClN2O2. The van der Waals surface area contributed by atoms with E-state index < -0.39 is 0 Å². The van der Waals surface area contributed by atoms with Gasteiger partial charge in [0.25, 0.3) is 5.91 Å². The van der Waals surface area contributed by atoms with Crippen molar-refractivity contribution in [2.45, 2.75) is 13.0 Å². The molecule has 1 heterocycles. The highest BCUT2D eigenvalue weighted by Gasteiger charge is 2.16. The van der Waals surface area contributed by atoms with E-state index >= 15 is 0 Å². The van der Waals surface area contributed by atoms with Crippen molar-refractivity contribution in [1.29, 1.82) is 0 Å². The molecule has 3 rings (SSSR count). The van der Waals surface area contributed by atoms with Crippen LogP contribution in [-0.4, -0.2) is 18.0 Å². The van der Waals surface area contributed by atoms with E-state index in [9.17, 15) is 4.79 Å². The third-order valence-corrected chi connectivity index (χ3v) is 4.43. The van der Waals surface area contributed by atoms with Gasteiger partial charge in [0.2, 0.25) is 0 Å². The van der Waals surface area contributed by atoms with Gasteiger partial charge in [0, 0.05) is 17.3 Å². The molecule has 0 fully saturated rings. The first-order valence-electron chi connectivity index (χ1n) is 8.25. The second-order valence-corrected chi connectivity index (χ2v) is 6.26. The first-order chi connectivity index (χ1) is 12.6. The van der Waals surface area contributed by atoms with E-state index in [4.69, 9.17) is 16.3 Å². The normalized spacial score (nSPS) is 11.7. The van der Waals surface area contributed by atoms with E-state index in [0.29, 0.717) is 22.0 Å². The molecule has 1 aromatic heterocycles. The summed E-state index contributed by atoms with van der Waals surface area (Å²) in [5, 5.41) is 3.53. The molecule has 132 valence electrons. The number of hydrogen-bond acceptors (Lipinski definition) is 3. The van der Waals surface area contributed by atoms with Crippen molar-refractivity contribution in [2.24, 2.45) is 0 Å². The number of ether oxygens (including phenoxy) is 1. The highest BCUT2D eigenvalue weighted by molar-refractivity contribution is 6.33. The van der Waals surface area contributed by atoms with E-state index in [1.807, 2.05) is 37.3 Å². The Labute approximate surface area is 157 Å². The fourth-order valence-electron chi connectivity index (χ4n) is 2.72. The lowest BCUT2D eigenvalue weighted by Crippen LogP contribution is -2.26. The quantitative estimate of drug-likeness (QED) is 0.698. The number of aromatic nitrogens is 1. The molecule has 26 heavy (non-hydrogen) atoms. The Bertz CT molecular complexity index is 913. The number of hydrogen-bond donors (Lipinski definition) is 1. The van der Waals surface area contributed by atoms with Gasteiger partial charge in [-0.25, -0.2) is 0 Å². The summed E-state index contributed by atoms with van der Waals surface area (Å²) in [6, 6.07) is 18.5. The summed E-state index contributed by atoms with van der Waals surface area (Å²) in [7, 11) is 1.56. The Kier molecular flexibility index (Phi) is 5.54. The summed E-state index contributed by atoms with van der Waals surface area (Å²) >= 11 is 6.23. The molecule has 1 amide bonds. The fourth-order valence-corrected chi connectivity index (χ4v) is 2.94. The minimum Gasteiger partial charge on any atom is -0.496 e. The van der Waals surface area contributed by atoms with Crippen LogP contribution in [0.25, 0.3) is 11.3 Å². The molecule has 4 nitrogen and oxygen atoms in total. The second kappa shape index (κ2) is 8.02. The number of amides is 1. The molecule has 0 bridgehead atoms. The lowest BCUT2D eigenvalue weighted by Gasteiger charge is -2.15. The molecule has 0 aliphatic rings. The summed E-state index contributed by atoms with van der Waals surface area (Å²) in [6.07, 6.45) is 1.67. The zero-order chi connectivity index (χ0) is 18.5. The molecular weight excluding hydrogens is 348 g/mol. The van der Waals surface area contributed by atoms with Crippen molar-refractivity contribution in [1.82, 2.24) is 10.3 Å². The Hall–Kier alpha value is -2.85. The molecule has 1 atom stereocenters. The molecule has 1 N–H and O–H groups in total. The number of carbonyl (C=O) groups is 1. The van der Waals surface area contributed by atoms with Crippen LogP contribution in [0.15, 0.2) is 66.9 Å². The third kappa shape index (κ3) is 3.86. The Balaban J connectivity index is 1.85. The molecule has 0 spiro atoms. The molecule has 1 unspecified atom stereocenters. The zero-order valence-corrected chi connectivity index (χ0v) is 15.3. The van der Waals surface area contributed by atoms with Crippen LogP contribution in [0, 0.1) is 0 Å². The maximum absolute atomic E-state index is 12.6. The van der Waals surface area contributed by atoms with Crippen LogP contribution in [-0.2, 0) is 0 Å². The van der Waals surface area contributed by atoms with E-state index in [0.717, 1.165) is 11.1 Å². The smallest absolute Gasteiger partial charge is 0.251 e. The van der Waals surface area contributed by atoms with Gasteiger partial charge in [0.1, 0.15) is 5.75 Å². The standard InChI is InChI=1S/C21H19ClN2O2/c1-14(15-7-4-3-5-8-15)24-21(25)16-10-11-17(19(13-16)26-2)20-18(22)9-6-12-23-20/h3-14H,1-2H3,(H,24,25). The van der Waals surface area contributed by atoms with Crippen LogP contribution >= 0.6 is 11.6 Å². The van der Waals surface area contributed by atoms with Gasteiger partial charge in [-0.2, -0.15) is 0 Å². The maximum Gasteiger partial charge on any atom is 0.251 e. The Morgan fingerprint density at radius 3 is 2.58 bits per heavy atom. The molecule has 0 radical (unpaired) electrons.